The number of hydrogen-bond acceptors (Lipinski definition) is 4. The van der Waals surface area contributed by atoms with Gasteiger partial charge in [-0.3, -0.25) is 9.59 Å². The van der Waals surface area contributed by atoms with E-state index in [9.17, 15) is 9.59 Å². The third-order valence-electron chi connectivity index (χ3n) is 5.18. The van der Waals surface area contributed by atoms with Crippen LogP contribution in [0.5, 0.6) is 5.75 Å². The van der Waals surface area contributed by atoms with Gasteiger partial charge in [-0.15, -0.1) is 0 Å². The summed E-state index contributed by atoms with van der Waals surface area (Å²) in [5.41, 5.74) is 3.47. The van der Waals surface area contributed by atoms with E-state index in [0.717, 1.165) is 11.3 Å². The Hall–Kier alpha value is -4.19. The van der Waals surface area contributed by atoms with Crippen LogP contribution >= 0.6 is 0 Å². The monoisotopic (exact) mass is 425 g/mol. The Kier molecular flexibility index (Phi) is 5.85. The van der Waals surface area contributed by atoms with Crippen LogP contribution in [0.15, 0.2) is 83.7 Å². The first kappa shape index (κ1) is 21.1. The van der Waals surface area contributed by atoms with E-state index in [4.69, 9.17) is 4.74 Å². The number of anilines is 1. The van der Waals surface area contributed by atoms with Gasteiger partial charge in [-0.1, -0.05) is 48.0 Å². The second kappa shape index (κ2) is 8.89. The van der Waals surface area contributed by atoms with Crippen molar-refractivity contribution in [3.8, 4) is 22.6 Å². The minimum absolute atomic E-state index is 0.232. The fourth-order valence-corrected chi connectivity index (χ4v) is 3.42. The van der Waals surface area contributed by atoms with E-state index < -0.39 is 0 Å². The lowest BCUT2D eigenvalue weighted by Gasteiger charge is -2.18. The van der Waals surface area contributed by atoms with Crippen LogP contribution in [0.25, 0.3) is 16.8 Å². The summed E-state index contributed by atoms with van der Waals surface area (Å²) in [5.74, 6) is 0.618. The van der Waals surface area contributed by atoms with E-state index in [-0.39, 0.29) is 11.3 Å². The molecule has 0 fully saturated rings. The molecule has 0 spiro atoms. The molecule has 4 rings (SSSR count). The number of ether oxygens (including phenoxy) is 1. The molecule has 6 nitrogen and oxygen atoms in total. The van der Waals surface area contributed by atoms with Crippen molar-refractivity contribution in [1.29, 1.82) is 0 Å². The molecule has 4 aromatic rings. The van der Waals surface area contributed by atoms with Gasteiger partial charge in [0, 0.05) is 5.56 Å². The lowest BCUT2D eigenvalue weighted by Crippen LogP contribution is -2.25. The quantitative estimate of drug-likeness (QED) is 0.500. The maximum atomic E-state index is 13.2. The molecule has 0 radical (unpaired) electrons. The van der Waals surface area contributed by atoms with Crippen molar-refractivity contribution < 1.29 is 9.53 Å². The van der Waals surface area contributed by atoms with Gasteiger partial charge in [0.2, 0.25) is 5.43 Å². The smallest absolute Gasteiger partial charge is 0.256 e. The lowest BCUT2D eigenvalue weighted by molar-refractivity contribution is 0.102. The molecule has 0 aliphatic heterocycles. The van der Waals surface area contributed by atoms with E-state index in [1.165, 1.54) is 0 Å². The molecular weight excluding hydrogens is 402 g/mol. The average molecular weight is 425 g/mol. The van der Waals surface area contributed by atoms with Gasteiger partial charge in [0.1, 0.15) is 17.3 Å². The molecule has 0 saturated heterocycles. The number of aromatic nitrogens is 2. The first-order valence-corrected chi connectivity index (χ1v) is 10.2. The van der Waals surface area contributed by atoms with Crippen LogP contribution in [-0.2, 0) is 0 Å². The lowest BCUT2D eigenvalue weighted by atomic mass is 10.0. The number of methoxy groups -OCH3 is 1. The van der Waals surface area contributed by atoms with Crippen LogP contribution in [0.1, 0.15) is 21.6 Å². The predicted molar refractivity (Wildman–Crippen MR) is 126 cm³/mol. The molecule has 0 aliphatic carbocycles. The van der Waals surface area contributed by atoms with Crippen molar-refractivity contribution in [2.24, 2.45) is 0 Å². The highest BCUT2D eigenvalue weighted by molar-refractivity contribution is 6.05. The first-order chi connectivity index (χ1) is 15.5. The van der Waals surface area contributed by atoms with Crippen molar-refractivity contribution in [1.82, 2.24) is 9.78 Å². The molecule has 3 aromatic carbocycles. The fraction of sp³-hybridized carbons (Fsp3) is 0.115. The Morgan fingerprint density at radius 3 is 2.19 bits per heavy atom. The average Bonchev–Trinajstić information content (AvgIpc) is 2.82. The SMILES string of the molecule is COc1ccc(C(=O)Nc2c(-c3ccccc3)c(=O)c(C)nn2-c2ccc(C)cc2)cc1. The summed E-state index contributed by atoms with van der Waals surface area (Å²) < 4.78 is 6.78. The number of carbonyl (C=O) groups excluding carboxylic acids is 1. The molecule has 0 aliphatic rings. The van der Waals surface area contributed by atoms with E-state index in [1.807, 2.05) is 61.5 Å². The van der Waals surface area contributed by atoms with Crippen molar-refractivity contribution in [2.45, 2.75) is 13.8 Å². The summed E-state index contributed by atoms with van der Waals surface area (Å²) >= 11 is 0. The van der Waals surface area contributed by atoms with Gasteiger partial charge in [0.25, 0.3) is 5.91 Å². The van der Waals surface area contributed by atoms with Crippen LogP contribution in [0.4, 0.5) is 5.82 Å². The van der Waals surface area contributed by atoms with Crippen molar-refractivity contribution >= 4 is 11.7 Å². The molecule has 0 saturated carbocycles. The topological polar surface area (TPSA) is 73.2 Å². The highest BCUT2D eigenvalue weighted by Crippen LogP contribution is 2.27. The second-order valence-corrected chi connectivity index (χ2v) is 7.43. The van der Waals surface area contributed by atoms with Gasteiger partial charge in [0.05, 0.1) is 18.4 Å². The van der Waals surface area contributed by atoms with Crippen LogP contribution in [0.2, 0.25) is 0 Å². The van der Waals surface area contributed by atoms with E-state index in [1.54, 1.807) is 43.0 Å². The zero-order valence-electron chi connectivity index (χ0n) is 18.1. The molecule has 160 valence electrons. The maximum absolute atomic E-state index is 13.2. The van der Waals surface area contributed by atoms with E-state index >= 15 is 0 Å². The van der Waals surface area contributed by atoms with Crippen LogP contribution in [0, 0.1) is 13.8 Å². The highest BCUT2D eigenvalue weighted by Gasteiger charge is 2.20. The molecular formula is C26H23N3O3. The Balaban J connectivity index is 1.90. The molecule has 6 heteroatoms. The van der Waals surface area contributed by atoms with Crippen molar-refractivity contribution in [3.05, 3.63) is 106 Å². The number of benzene rings is 3. The molecule has 32 heavy (non-hydrogen) atoms. The number of carbonyl (C=O) groups is 1. The summed E-state index contributed by atoms with van der Waals surface area (Å²) in [7, 11) is 1.57. The van der Waals surface area contributed by atoms with E-state index in [0.29, 0.717) is 34.0 Å². The minimum atomic E-state index is -0.351. The largest absolute Gasteiger partial charge is 0.497 e. The van der Waals surface area contributed by atoms with Gasteiger partial charge in [-0.2, -0.15) is 5.10 Å². The molecule has 0 atom stereocenters. The Labute approximate surface area is 186 Å². The van der Waals surface area contributed by atoms with Gasteiger partial charge in [0.15, 0.2) is 0 Å². The number of nitrogens with zero attached hydrogens (tertiary/aromatic N) is 2. The summed E-state index contributed by atoms with van der Waals surface area (Å²) in [5, 5.41) is 7.44. The molecule has 1 N–H and O–H groups in total. The number of aryl methyl sites for hydroxylation is 2. The third kappa shape index (κ3) is 4.16. The summed E-state index contributed by atoms with van der Waals surface area (Å²) in [6.45, 7) is 3.67. The number of amides is 1. The highest BCUT2D eigenvalue weighted by atomic mass is 16.5. The van der Waals surface area contributed by atoms with E-state index in [2.05, 4.69) is 10.4 Å². The molecule has 1 amide bonds. The Bertz CT molecular complexity index is 1310. The maximum Gasteiger partial charge on any atom is 0.256 e. The van der Waals surface area contributed by atoms with Gasteiger partial charge >= 0.3 is 0 Å². The van der Waals surface area contributed by atoms with Gasteiger partial charge < -0.3 is 10.1 Å². The minimum Gasteiger partial charge on any atom is -0.497 e. The number of hydrogen-bond donors (Lipinski definition) is 1. The summed E-state index contributed by atoms with van der Waals surface area (Å²) in [4.78, 5) is 26.3. The second-order valence-electron chi connectivity index (χ2n) is 7.43. The molecule has 0 bridgehead atoms. The predicted octanol–water partition coefficient (Wildman–Crippen LogP) is 4.78. The standard InChI is InChI=1S/C26H23N3O3/c1-17-9-13-21(14-10-17)29-25(27-26(31)20-11-15-22(32-3)16-12-20)23(24(30)18(2)28-29)19-7-5-4-6-8-19/h4-16H,1-3H3,(H,27,31). The van der Waals surface area contributed by atoms with Crippen LogP contribution < -0.4 is 15.5 Å². The zero-order valence-corrected chi connectivity index (χ0v) is 18.1. The number of nitrogens with one attached hydrogen (secondary N) is 1. The third-order valence-corrected chi connectivity index (χ3v) is 5.18. The van der Waals surface area contributed by atoms with Gasteiger partial charge in [-0.05, 0) is 55.8 Å². The molecule has 0 unspecified atom stereocenters. The Morgan fingerprint density at radius 2 is 1.56 bits per heavy atom. The van der Waals surface area contributed by atoms with Crippen molar-refractivity contribution in [2.75, 3.05) is 12.4 Å². The summed E-state index contributed by atoms with van der Waals surface area (Å²) in [6.07, 6.45) is 0. The molecule has 1 aromatic heterocycles. The molecule has 1 heterocycles. The van der Waals surface area contributed by atoms with Gasteiger partial charge in [-0.25, -0.2) is 4.68 Å². The number of rotatable bonds is 5. The normalized spacial score (nSPS) is 10.6. The first-order valence-electron chi connectivity index (χ1n) is 10.2. The fourth-order valence-electron chi connectivity index (χ4n) is 3.42. The Morgan fingerprint density at radius 1 is 0.906 bits per heavy atom. The van der Waals surface area contributed by atoms with Crippen LogP contribution in [0.3, 0.4) is 0 Å². The summed E-state index contributed by atoms with van der Waals surface area (Å²) in [6, 6.07) is 23.8. The van der Waals surface area contributed by atoms with Crippen LogP contribution in [-0.4, -0.2) is 22.8 Å². The zero-order chi connectivity index (χ0) is 22.7. The van der Waals surface area contributed by atoms with Crippen molar-refractivity contribution in [3.63, 3.8) is 0 Å².